The van der Waals surface area contributed by atoms with Crippen LogP contribution in [0.3, 0.4) is 0 Å². The summed E-state index contributed by atoms with van der Waals surface area (Å²) >= 11 is 6.07. The van der Waals surface area contributed by atoms with Crippen molar-refractivity contribution in [2.75, 3.05) is 36.5 Å². The van der Waals surface area contributed by atoms with Gasteiger partial charge in [-0.3, -0.25) is 14.9 Å². The van der Waals surface area contributed by atoms with Crippen LogP contribution in [0.4, 0.5) is 21.5 Å². The van der Waals surface area contributed by atoms with Crippen LogP contribution >= 0.6 is 11.6 Å². The van der Waals surface area contributed by atoms with Crippen LogP contribution in [0.15, 0.2) is 60.7 Å². The number of nitro benzene ring substituents is 1. The number of ether oxygens (including phenoxy) is 2. The number of carbonyl (C=O) groups is 1. The molecule has 0 atom stereocenters. The predicted molar refractivity (Wildman–Crippen MR) is 122 cm³/mol. The molecule has 0 radical (unpaired) electrons. The van der Waals surface area contributed by atoms with Gasteiger partial charge in [0.1, 0.15) is 5.69 Å². The van der Waals surface area contributed by atoms with Crippen molar-refractivity contribution >= 4 is 34.6 Å². The number of carbonyl (C=O) groups excluding carboxylic acids is 1. The predicted octanol–water partition coefficient (Wildman–Crippen LogP) is 5.27. The second kappa shape index (κ2) is 9.85. The van der Waals surface area contributed by atoms with Crippen LogP contribution in [0.2, 0.25) is 5.02 Å². The highest BCUT2D eigenvalue weighted by Gasteiger charge is 2.24. The Hall–Kier alpha value is -3.69. The van der Waals surface area contributed by atoms with E-state index in [9.17, 15) is 19.3 Å². The topological polar surface area (TPSA) is 93.9 Å². The number of amides is 1. The van der Waals surface area contributed by atoms with Gasteiger partial charge < -0.3 is 19.7 Å². The van der Waals surface area contributed by atoms with Gasteiger partial charge in [-0.2, -0.15) is 0 Å². The number of morpholine rings is 1. The van der Waals surface area contributed by atoms with Gasteiger partial charge in [-0.15, -0.1) is 0 Å². The third-order valence-corrected chi connectivity index (χ3v) is 5.27. The highest BCUT2D eigenvalue weighted by Crippen LogP contribution is 2.34. The number of anilines is 2. The lowest BCUT2D eigenvalue weighted by molar-refractivity contribution is -0.384. The van der Waals surface area contributed by atoms with Crippen LogP contribution in [-0.2, 0) is 4.74 Å². The minimum absolute atomic E-state index is 0.0270. The highest BCUT2D eigenvalue weighted by molar-refractivity contribution is 6.31. The summed E-state index contributed by atoms with van der Waals surface area (Å²) < 4.78 is 24.9. The fraction of sp³-hybridized carbons (Fsp3) is 0.174. The minimum atomic E-state index is -0.604. The summed E-state index contributed by atoms with van der Waals surface area (Å²) in [7, 11) is 0. The van der Waals surface area contributed by atoms with Gasteiger partial charge in [0.15, 0.2) is 17.3 Å². The summed E-state index contributed by atoms with van der Waals surface area (Å²) in [5.74, 6) is -1.04. The van der Waals surface area contributed by atoms with E-state index in [4.69, 9.17) is 21.1 Å². The quantitative estimate of drug-likeness (QED) is 0.389. The molecular formula is C23H19ClFN3O5. The molecule has 170 valence electrons. The first-order chi connectivity index (χ1) is 15.9. The maximum Gasteiger partial charge on any atom is 0.293 e. The van der Waals surface area contributed by atoms with Crippen LogP contribution in [0.25, 0.3) is 0 Å². The lowest BCUT2D eigenvalue weighted by Gasteiger charge is -2.28. The van der Waals surface area contributed by atoms with Crippen LogP contribution in [-0.4, -0.2) is 37.1 Å². The summed E-state index contributed by atoms with van der Waals surface area (Å²) in [6.07, 6.45) is 0. The molecule has 1 aliphatic heterocycles. The first kappa shape index (κ1) is 22.5. The fourth-order valence-corrected chi connectivity index (χ4v) is 3.58. The van der Waals surface area contributed by atoms with Gasteiger partial charge in [0.2, 0.25) is 0 Å². The average Bonchev–Trinajstić information content (AvgIpc) is 2.82. The summed E-state index contributed by atoms with van der Waals surface area (Å²) in [5.41, 5.74) is 0.510. The van der Waals surface area contributed by atoms with E-state index in [2.05, 4.69) is 5.32 Å². The van der Waals surface area contributed by atoms with E-state index in [1.54, 1.807) is 12.1 Å². The van der Waals surface area contributed by atoms with Gasteiger partial charge in [0.05, 0.1) is 23.8 Å². The van der Waals surface area contributed by atoms with Crippen molar-refractivity contribution in [3.63, 3.8) is 0 Å². The molecule has 4 rings (SSSR count). The van der Waals surface area contributed by atoms with Crippen LogP contribution in [0.5, 0.6) is 11.5 Å². The number of nitrogens with zero attached hydrogens (tertiary/aromatic N) is 2. The van der Waals surface area contributed by atoms with E-state index in [0.29, 0.717) is 37.0 Å². The Morgan fingerprint density at radius 3 is 2.58 bits per heavy atom. The molecule has 0 bridgehead atoms. The van der Waals surface area contributed by atoms with E-state index < -0.39 is 16.6 Å². The standard InChI is InChI=1S/C23H19ClFN3O5/c24-16-6-8-22(33-21-4-2-1-3-17(21)25)18(14-16)26-23(29)15-5-7-19(20(13-15)28(30)31)27-9-11-32-12-10-27/h1-8,13-14H,9-12H2,(H,26,29). The third-order valence-electron chi connectivity index (χ3n) is 5.03. The van der Waals surface area contributed by atoms with Gasteiger partial charge in [-0.05, 0) is 42.5 Å². The lowest BCUT2D eigenvalue weighted by atomic mass is 10.1. The average molecular weight is 472 g/mol. The zero-order valence-electron chi connectivity index (χ0n) is 17.3. The van der Waals surface area contributed by atoms with E-state index >= 15 is 0 Å². The van der Waals surface area contributed by atoms with E-state index in [0.717, 1.165) is 0 Å². The van der Waals surface area contributed by atoms with Crippen molar-refractivity contribution in [2.24, 2.45) is 0 Å². The number of para-hydroxylation sites is 1. The number of hydrogen-bond donors (Lipinski definition) is 1. The number of hydrogen-bond acceptors (Lipinski definition) is 6. The molecule has 0 saturated carbocycles. The molecule has 10 heteroatoms. The number of benzene rings is 3. The lowest BCUT2D eigenvalue weighted by Crippen LogP contribution is -2.36. The van der Waals surface area contributed by atoms with Gasteiger partial charge in [-0.1, -0.05) is 23.7 Å². The Bertz CT molecular complexity index is 1200. The summed E-state index contributed by atoms with van der Waals surface area (Å²) in [5, 5.41) is 14.6. The van der Waals surface area contributed by atoms with Crippen molar-refractivity contribution in [3.8, 4) is 11.5 Å². The number of rotatable bonds is 6. The molecule has 33 heavy (non-hydrogen) atoms. The van der Waals surface area contributed by atoms with Crippen LogP contribution < -0.4 is 15.0 Å². The molecule has 8 nitrogen and oxygen atoms in total. The molecular weight excluding hydrogens is 453 g/mol. The molecule has 1 saturated heterocycles. The Kier molecular flexibility index (Phi) is 6.71. The first-order valence-electron chi connectivity index (χ1n) is 10.1. The van der Waals surface area contributed by atoms with Crippen molar-refractivity contribution < 1.29 is 23.6 Å². The largest absolute Gasteiger partial charge is 0.452 e. The monoisotopic (exact) mass is 471 g/mol. The Labute approximate surface area is 193 Å². The summed E-state index contributed by atoms with van der Waals surface area (Å²) in [6, 6.07) is 14.6. The van der Waals surface area contributed by atoms with Gasteiger partial charge >= 0.3 is 0 Å². The van der Waals surface area contributed by atoms with Crippen molar-refractivity contribution in [1.29, 1.82) is 0 Å². The normalized spacial score (nSPS) is 13.5. The molecule has 1 aliphatic rings. The van der Waals surface area contributed by atoms with Crippen molar-refractivity contribution in [3.05, 3.63) is 87.2 Å². The van der Waals surface area contributed by atoms with Crippen molar-refractivity contribution in [1.82, 2.24) is 0 Å². The van der Waals surface area contributed by atoms with E-state index in [-0.39, 0.29) is 28.4 Å². The number of nitro groups is 1. The molecule has 0 spiro atoms. The van der Waals surface area contributed by atoms with Crippen LogP contribution in [0.1, 0.15) is 10.4 Å². The first-order valence-corrected chi connectivity index (χ1v) is 10.4. The minimum Gasteiger partial charge on any atom is -0.452 e. The number of halogens is 2. The fourth-order valence-electron chi connectivity index (χ4n) is 3.41. The van der Waals surface area contributed by atoms with Gasteiger partial charge in [0.25, 0.3) is 11.6 Å². The zero-order valence-corrected chi connectivity index (χ0v) is 18.0. The van der Waals surface area contributed by atoms with Crippen molar-refractivity contribution in [2.45, 2.75) is 0 Å². The zero-order chi connectivity index (χ0) is 23.4. The Balaban J connectivity index is 1.60. The van der Waals surface area contributed by atoms with Gasteiger partial charge in [-0.25, -0.2) is 4.39 Å². The second-order valence-corrected chi connectivity index (χ2v) is 7.62. The molecule has 3 aromatic carbocycles. The SMILES string of the molecule is O=C(Nc1cc(Cl)ccc1Oc1ccccc1F)c1ccc(N2CCOCC2)c([N+](=O)[O-])c1. The van der Waals surface area contributed by atoms with Gasteiger partial charge in [0, 0.05) is 29.7 Å². The summed E-state index contributed by atoms with van der Waals surface area (Å²) in [6.45, 7) is 1.98. The molecule has 0 aromatic heterocycles. The van der Waals surface area contributed by atoms with Crippen LogP contribution in [0, 0.1) is 15.9 Å². The maximum atomic E-state index is 14.0. The number of nitrogens with one attached hydrogen (secondary N) is 1. The molecule has 3 aromatic rings. The Morgan fingerprint density at radius 1 is 1.09 bits per heavy atom. The summed E-state index contributed by atoms with van der Waals surface area (Å²) in [4.78, 5) is 25.9. The second-order valence-electron chi connectivity index (χ2n) is 7.19. The molecule has 0 aliphatic carbocycles. The highest BCUT2D eigenvalue weighted by atomic mass is 35.5. The van der Waals surface area contributed by atoms with E-state index in [1.807, 2.05) is 4.90 Å². The molecule has 1 fully saturated rings. The third kappa shape index (κ3) is 5.21. The molecule has 1 N–H and O–H groups in total. The molecule has 1 amide bonds. The molecule has 0 unspecified atom stereocenters. The smallest absolute Gasteiger partial charge is 0.293 e. The Morgan fingerprint density at radius 2 is 1.85 bits per heavy atom. The van der Waals surface area contributed by atoms with E-state index in [1.165, 1.54) is 48.5 Å². The molecule has 1 heterocycles. The maximum absolute atomic E-state index is 14.0.